The maximum Gasteiger partial charge on any atom is 0.0908 e. The molecule has 1 aliphatic heterocycles. The standard InChI is InChI=1S/C10H19ClO3/c1-7-3-10(4-8(2)14-7)13-6-9(12)5-11/h7-10,12H,3-6H2,1-2H3. The van der Waals surface area contributed by atoms with Gasteiger partial charge in [-0.15, -0.1) is 11.6 Å². The Morgan fingerprint density at radius 1 is 1.43 bits per heavy atom. The van der Waals surface area contributed by atoms with Crippen LogP contribution in [0, 0.1) is 0 Å². The first kappa shape index (κ1) is 12.2. The molecule has 84 valence electrons. The molecule has 0 aromatic heterocycles. The minimum absolute atomic E-state index is 0.201. The highest BCUT2D eigenvalue weighted by atomic mass is 35.5. The zero-order chi connectivity index (χ0) is 10.6. The van der Waals surface area contributed by atoms with E-state index < -0.39 is 6.10 Å². The Kier molecular flexibility index (Phi) is 5.17. The smallest absolute Gasteiger partial charge is 0.0908 e. The van der Waals surface area contributed by atoms with Crippen molar-refractivity contribution in [1.82, 2.24) is 0 Å². The van der Waals surface area contributed by atoms with Crippen molar-refractivity contribution < 1.29 is 14.6 Å². The van der Waals surface area contributed by atoms with Crippen LogP contribution >= 0.6 is 11.6 Å². The molecule has 0 aromatic rings. The van der Waals surface area contributed by atoms with E-state index in [2.05, 4.69) is 0 Å². The lowest BCUT2D eigenvalue weighted by atomic mass is 10.0. The Bertz CT molecular complexity index is 155. The maximum atomic E-state index is 9.23. The molecule has 1 aliphatic rings. The first-order valence-corrected chi connectivity index (χ1v) is 5.66. The summed E-state index contributed by atoms with van der Waals surface area (Å²) in [5, 5.41) is 9.23. The van der Waals surface area contributed by atoms with E-state index in [0.29, 0.717) is 6.61 Å². The van der Waals surface area contributed by atoms with E-state index in [-0.39, 0.29) is 24.2 Å². The minimum Gasteiger partial charge on any atom is -0.389 e. The number of rotatable bonds is 4. The fraction of sp³-hybridized carbons (Fsp3) is 1.00. The van der Waals surface area contributed by atoms with Gasteiger partial charge < -0.3 is 14.6 Å². The quantitative estimate of drug-likeness (QED) is 0.734. The predicted octanol–water partition coefficient (Wildman–Crippen LogP) is 1.56. The van der Waals surface area contributed by atoms with Gasteiger partial charge in [0, 0.05) is 0 Å². The largest absolute Gasteiger partial charge is 0.389 e. The van der Waals surface area contributed by atoms with Crippen molar-refractivity contribution in [3.05, 3.63) is 0 Å². The average molecular weight is 223 g/mol. The highest BCUT2D eigenvalue weighted by Crippen LogP contribution is 2.21. The molecule has 0 bridgehead atoms. The van der Waals surface area contributed by atoms with Crippen LogP contribution in [0.25, 0.3) is 0 Å². The third-order valence-electron chi connectivity index (χ3n) is 2.36. The summed E-state index contributed by atoms with van der Waals surface area (Å²) in [5.74, 6) is 0.230. The Labute approximate surface area is 90.3 Å². The number of hydrogen-bond donors (Lipinski definition) is 1. The van der Waals surface area contributed by atoms with Crippen LogP contribution in [0.4, 0.5) is 0 Å². The summed E-state index contributed by atoms with van der Waals surface area (Å²) >= 11 is 5.47. The molecule has 1 saturated heterocycles. The van der Waals surface area contributed by atoms with Crippen molar-refractivity contribution in [3.63, 3.8) is 0 Å². The molecular weight excluding hydrogens is 204 g/mol. The lowest BCUT2D eigenvalue weighted by molar-refractivity contribution is -0.111. The van der Waals surface area contributed by atoms with E-state index in [0.717, 1.165) is 12.8 Å². The number of hydrogen-bond acceptors (Lipinski definition) is 3. The summed E-state index contributed by atoms with van der Waals surface area (Å²) in [5.41, 5.74) is 0. The van der Waals surface area contributed by atoms with Crippen molar-refractivity contribution in [2.24, 2.45) is 0 Å². The van der Waals surface area contributed by atoms with E-state index in [1.165, 1.54) is 0 Å². The molecule has 0 saturated carbocycles. The Balaban J connectivity index is 2.23. The summed E-state index contributed by atoms with van der Waals surface area (Å²) in [7, 11) is 0. The zero-order valence-electron chi connectivity index (χ0n) is 8.78. The van der Waals surface area contributed by atoms with Crippen molar-refractivity contribution in [2.45, 2.75) is 51.1 Å². The molecule has 0 amide bonds. The predicted molar refractivity (Wildman–Crippen MR) is 55.7 cm³/mol. The normalized spacial score (nSPS) is 35.6. The molecule has 1 rings (SSSR count). The van der Waals surface area contributed by atoms with Crippen LogP contribution in [-0.4, -0.2) is 42.0 Å². The van der Waals surface area contributed by atoms with Crippen molar-refractivity contribution >= 4 is 11.6 Å². The highest BCUT2D eigenvalue weighted by Gasteiger charge is 2.25. The molecule has 1 fully saturated rings. The van der Waals surface area contributed by atoms with Crippen LogP contribution in [0.1, 0.15) is 26.7 Å². The molecule has 3 unspecified atom stereocenters. The van der Waals surface area contributed by atoms with Gasteiger partial charge in [0.15, 0.2) is 0 Å². The third kappa shape index (κ3) is 4.13. The van der Waals surface area contributed by atoms with Gasteiger partial charge in [-0.3, -0.25) is 0 Å². The second-order valence-electron chi connectivity index (χ2n) is 3.99. The molecular formula is C10H19ClO3. The van der Waals surface area contributed by atoms with Crippen LogP contribution in [0.5, 0.6) is 0 Å². The third-order valence-corrected chi connectivity index (χ3v) is 2.71. The van der Waals surface area contributed by atoms with Crippen LogP contribution in [-0.2, 0) is 9.47 Å². The summed E-state index contributed by atoms with van der Waals surface area (Å²) in [6, 6.07) is 0. The molecule has 0 aliphatic carbocycles. The molecule has 0 radical (unpaired) electrons. The Hall–Kier alpha value is 0.170. The van der Waals surface area contributed by atoms with Gasteiger partial charge in [0.25, 0.3) is 0 Å². The van der Waals surface area contributed by atoms with E-state index in [1.807, 2.05) is 13.8 Å². The van der Waals surface area contributed by atoms with E-state index in [4.69, 9.17) is 21.1 Å². The van der Waals surface area contributed by atoms with Gasteiger partial charge in [-0.1, -0.05) is 0 Å². The highest BCUT2D eigenvalue weighted by molar-refractivity contribution is 6.18. The van der Waals surface area contributed by atoms with Gasteiger partial charge in [-0.2, -0.15) is 0 Å². The number of aliphatic hydroxyl groups excluding tert-OH is 1. The molecule has 4 heteroatoms. The lowest BCUT2D eigenvalue weighted by Gasteiger charge is -2.32. The molecule has 1 N–H and O–H groups in total. The maximum absolute atomic E-state index is 9.23. The van der Waals surface area contributed by atoms with Gasteiger partial charge in [0.1, 0.15) is 0 Å². The van der Waals surface area contributed by atoms with Crippen LogP contribution < -0.4 is 0 Å². The summed E-state index contributed by atoms with van der Waals surface area (Å²) in [4.78, 5) is 0. The van der Waals surface area contributed by atoms with Gasteiger partial charge >= 0.3 is 0 Å². The first-order valence-electron chi connectivity index (χ1n) is 5.13. The second kappa shape index (κ2) is 5.91. The summed E-state index contributed by atoms with van der Waals surface area (Å²) < 4.78 is 11.1. The fourth-order valence-corrected chi connectivity index (χ4v) is 1.86. The molecule has 0 aromatic carbocycles. The van der Waals surface area contributed by atoms with Gasteiger partial charge in [0.05, 0.1) is 36.9 Å². The van der Waals surface area contributed by atoms with E-state index >= 15 is 0 Å². The first-order chi connectivity index (χ1) is 6.61. The van der Waals surface area contributed by atoms with Gasteiger partial charge in [-0.25, -0.2) is 0 Å². The molecule has 0 spiro atoms. The number of alkyl halides is 1. The molecule has 3 atom stereocenters. The van der Waals surface area contributed by atoms with Gasteiger partial charge in [-0.05, 0) is 26.7 Å². The summed E-state index contributed by atoms with van der Waals surface area (Å²) in [6.45, 7) is 4.42. The monoisotopic (exact) mass is 222 g/mol. The minimum atomic E-state index is -0.551. The fourth-order valence-electron chi connectivity index (χ4n) is 1.77. The van der Waals surface area contributed by atoms with E-state index in [1.54, 1.807) is 0 Å². The van der Waals surface area contributed by atoms with E-state index in [9.17, 15) is 5.11 Å². The molecule has 3 nitrogen and oxygen atoms in total. The van der Waals surface area contributed by atoms with Crippen LogP contribution in [0.3, 0.4) is 0 Å². The number of aliphatic hydroxyl groups is 1. The Morgan fingerprint density at radius 3 is 2.50 bits per heavy atom. The zero-order valence-corrected chi connectivity index (χ0v) is 9.54. The second-order valence-corrected chi connectivity index (χ2v) is 4.30. The van der Waals surface area contributed by atoms with Gasteiger partial charge in [0.2, 0.25) is 0 Å². The molecule has 14 heavy (non-hydrogen) atoms. The van der Waals surface area contributed by atoms with Crippen molar-refractivity contribution in [1.29, 1.82) is 0 Å². The summed E-state index contributed by atoms with van der Waals surface area (Å²) in [6.07, 6.45) is 1.95. The lowest BCUT2D eigenvalue weighted by Crippen LogP contribution is -2.35. The topological polar surface area (TPSA) is 38.7 Å². The van der Waals surface area contributed by atoms with Crippen LogP contribution in [0.2, 0.25) is 0 Å². The number of ether oxygens (including phenoxy) is 2. The van der Waals surface area contributed by atoms with Crippen molar-refractivity contribution in [2.75, 3.05) is 12.5 Å². The van der Waals surface area contributed by atoms with Crippen molar-refractivity contribution in [3.8, 4) is 0 Å². The SMILES string of the molecule is CC1CC(OCC(O)CCl)CC(C)O1. The number of halogens is 1. The Morgan fingerprint density at radius 2 is 2.00 bits per heavy atom. The molecule has 1 heterocycles. The average Bonchev–Trinajstić information content (AvgIpc) is 2.12. The van der Waals surface area contributed by atoms with Crippen LogP contribution in [0.15, 0.2) is 0 Å².